The molecule has 2 heterocycles. The van der Waals surface area contributed by atoms with Gasteiger partial charge in [-0.3, -0.25) is 0 Å². The molecule has 32 heavy (non-hydrogen) atoms. The predicted octanol–water partition coefficient (Wildman–Crippen LogP) is 3.26. The van der Waals surface area contributed by atoms with Gasteiger partial charge in [0.2, 0.25) is 5.82 Å². The molecule has 3 aromatic rings. The zero-order valence-corrected chi connectivity index (χ0v) is 18.9. The highest BCUT2D eigenvalue weighted by molar-refractivity contribution is 5.91. The number of ether oxygens (including phenoxy) is 1. The fourth-order valence-corrected chi connectivity index (χ4v) is 3.83. The number of esters is 1. The molecule has 1 aromatic carbocycles. The Morgan fingerprint density at radius 3 is 2.72 bits per heavy atom. The summed E-state index contributed by atoms with van der Waals surface area (Å²) in [6.07, 6.45) is 4.36. The van der Waals surface area contributed by atoms with Crippen LogP contribution in [0.1, 0.15) is 55.2 Å². The molecule has 3 N–H and O–H groups in total. The lowest BCUT2D eigenvalue weighted by Gasteiger charge is -2.26. The molecular formula is C23H26ClN5O3. The highest BCUT2D eigenvalue weighted by atomic mass is 35.5. The van der Waals surface area contributed by atoms with Crippen LogP contribution in [0.2, 0.25) is 0 Å². The third-order valence-corrected chi connectivity index (χ3v) is 5.47. The van der Waals surface area contributed by atoms with Crippen LogP contribution in [-0.4, -0.2) is 42.8 Å². The van der Waals surface area contributed by atoms with Crippen molar-refractivity contribution in [3.63, 3.8) is 0 Å². The highest BCUT2D eigenvalue weighted by Gasteiger charge is 2.26. The first-order chi connectivity index (χ1) is 14.9. The number of anilines is 1. The Kier molecular flexibility index (Phi) is 7.02. The first-order valence-corrected chi connectivity index (χ1v) is 10.4. The van der Waals surface area contributed by atoms with Crippen molar-refractivity contribution in [3.8, 4) is 23.2 Å². The summed E-state index contributed by atoms with van der Waals surface area (Å²) in [5.74, 6) is 6.51. The van der Waals surface area contributed by atoms with E-state index in [4.69, 9.17) is 10.5 Å². The standard InChI is InChI=1S/C23H25N5O3.ClH/c1-3-31-22(29)16-9-7-8-15(14-16)20-27-18-19(24)25-17(26-21(18)28(20)2)10-13-23(30)11-5-4-6-12-23;/h7-9,14,30H,3-6,11-12H2,1-2H3,(H2,24,25,26);1H. The second-order valence-electron chi connectivity index (χ2n) is 7.74. The molecule has 8 nitrogen and oxygen atoms in total. The number of nitrogen functional groups attached to an aromatic ring is 1. The van der Waals surface area contributed by atoms with Gasteiger partial charge < -0.3 is 20.1 Å². The number of nitrogens with two attached hydrogens (primary N) is 1. The number of nitrogens with zero attached hydrogens (tertiary/aromatic N) is 4. The number of imidazole rings is 1. The SMILES string of the molecule is CCOC(=O)c1cccc(-c2nc3c(N)nc(C#CC4(O)CCCCC4)nc3n2C)c1.Cl. The number of halogens is 1. The summed E-state index contributed by atoms with van der Waals surface area (Å²) in [4.78, 5) is 25.5. The van der Waals surface area contributed by atoms with E-state index in [2.05, 4.69) is 26.8 Å². The Morgan fingerprint density at radius 1 is 1.25 bits per heavy atom. The Labute approximate surface area is 192 Å². The van der Waals surface area contributed by atoms with Crippen molar-refractivity contribution >= 4 is 35.4 Å². The van der Waals surface area contributed by atoms with Crippen LogP contribution in [0.15, 0.2) is 24.3 Å². The van der Waals surface area contributed by atoms with Gasteiger partial charge in [0.25, 0.3) is 0 Å². The molecule has 0 bridgehead atoms. The van der Waals surface area contributed by atoms with Crippen molar-refractivity contribution in [2.45, 2.75) is 44.6 Å². The summed E-state index contributed by atoms with van der Waals surface area (Å²) in [6.45, 7) is 2.07. The van der Waals surface area contributed by atoms with E-state index in [-0.39, 0.29) is 30.0 Å². The maximum absolute atomic E-state index is 12.1. The zero-order chi connectivity index (χ0) is 22.0. The molecule has 1 aliphatic rings. The van der Waals surface area contributed by atoms with Crippen LogP contribution in [0, 0.1) is 11.8 Å². The molecule has 0 amide bonds. The number of rotatable bonds is 3. The van der Waals surface area contributed by atoms with E-state index in [1.807, 2.05) is 13.1 Å². The fraction of sp³-hybridized carbons (Fsp3) is 0.391. The monoisotopic (exact) mass is 455 g/mol. The van der Waals surface area contributed by atoms with Crippen LogP contribution in [0.5, 0.6) is 0 Å². The number of benzene rings is 1. The average Bonchev–Trinajstić information content (AvgIpc) is 3.10. The maximum Gasteiger partial charge on any atom is 0.338 e. The van der Waals surface area contributed by atoms with E-state index in [1.165, 1.54) is 0 Å². The van der Waals surface area contributed by atoms with Crippen molar-refractivity contribution in [2.75, 3.05) is 12.3 Å². The van der Waals surface area contributed by atoms with E-state index in [0.717, 1.165) is 24.8 Å². The van der Waals surface area contributed by atoms with E-state index < -0.39 is 5.60 Å². The topological polar surface area (TPSA) is 116 Å². The van der Waals surface area contributed by atoms with Crippen LogP contribution in [0.3, 0.4) is 0 Å². The smallest absolute Gasteiger partial charge is 0.338 e. The molecule has 168 valence electrons. The second-order valence-corrected chi connectivity index (χ2v) is 7.74. The summed E-state index contributed by atoms with van der Waals surface area (Å²) in [7, 11) is 1.82. The van der Waals surface area contributed by atoms with Crippen LogP contribution in [0.25, 0.3) is 22.6 Å². The number of fused-ring (bicyclic) bond motifs is 1. The molecule has 9 heteroatoms. The molecule has 0 atom stereocenters. The number of aliphatic hydroxyl groups is 1. The molecular weight excluding hydrogens is 430 g/mol. The summed E-state index contributed by atoms with van der Waals surface area (Å²) in [6, 6.07) is 7.05. The van der Waals surface area contributed by atoms with Crippen molar-refractivity contribution in [2.24, 2.45) is 7.05 Å². The molecule has 0 spiro atoms. The minimum atomic E-state index is -0.990. The van der Waals surface area contributed by atoms with Crippen molar-refractivity contribution in [1.29, 1.82) is 0 Å². The third kappa shape index (κ3) is 4.69. The minimum Gasteiger partial charge on any atom is -0.462 e. The van der Waals surface area contributed by atoms with Crippen LogP contribution < -0.4 is 5.73 Å². The largest absolute Gasteiger partial charge is 0.462 e. The zero-order valence-electron chi connectivity index (χ0n) is 18.1. The maximum atomic E-state index is 12.1. The van der Waals surface area contributed by atoms with Gasteiger partial charge in [0.15, 0.2) is 17.0 Å². The van der Waals surface area contributed by atoms with Crippen molar-refractivity contribution < 1.29 is 14.6 Å². The lowest BCUT2D eigenvalue weighted by Crippen LogP contribution is -2.29. The number of carbonyl (C=O) groups excluding carboxylic acids is 1. The van der Waals surface area contributed by atoms with Gasteiger partial charge in [-0.2, -0.15) is 0 Å². The van der Waals surface area contributed by atoms with Gasteiger partial charge in [0, 0.05) is 12.6 Å². The quantitative estimate of drug-likeness (QED) is 0.460. The van der Waals surface area contributed by atoms with E-state index in [9.17, 15) is 9.90 Å². The first kappa shape index (κ1) is 23.5. The summed E-state index contributed by atoms with van der Waals surface area (Å²) in [5, 5.41) is 10.6. The Hall–Kier alpha value is -3.15. The molecule has 0 radical (unpaired) electrons. The molecule has 4 rings (SSSR count). The van der Waals surface area contributed by atoms with Crippen molar-refractivity contribution in [1.82, 2.24) is 19.5 Å². The third-order valence-electron chi connectivity index (χ3n) is 5.47. The molecule has 2 aromatic heterocycles. The Morgan fingerprint density at radius 2 is 2.00 bits per heavy atom. The van der Waals surface area contributed by atoms with E-state index in [0.29, 0.717) is 42.0 Å². The predicted molar refractivity (Wildman–Crippen MR) is 124 cm³/mol. The second kappa shape index (κ2) is 9.55. The summed E-state index contributed by atoms with van der Waals surface area (Å²) < 4.78 is 6.87. The van der Waals surface area contributed by atoms with Gasteiger partial charge in [-0.15, -0.1) is 12.4 Å². The van der Waals surface area contributed by atoms with Gasteiger partial charge in [-0.05, 0) is 50.7 Å². The fourth-order valence-electron chi connectivity index (χ4n) is 3.83. The van der Waals surface area contributed by atoms with Gasteiger partial charge >= 0.3 is 5.97 Å². The average molecular weight is 456 g/mol. The van der Waals surface area contributed by atoms with Crippen LogP contribution >= 0.6 is 12.4 Å². The highest BCUT2D eigenvalue weighted by Crippen LogP contribution is 2.28. The van der Waals surface area contributed by atoms with Crippen LogP contribution in [0.4, 0.5) is 5.82 Å². The molecule has 0 aliphatic heterocycles. The molecule has 0 saturated heterocycles. The number of aryl methyl sites for hydroxylation is 1. The van der Waals surface area contributed by atoms with Gasteiger partial charge in [-0.25, -0.2) is 19.7 Å². The molecule has 0 unspecified atom stereocenters. The molecule has 1 saturated carbocycles. The van der Waals surface area contributed by atoms with E-state index in [1.54, 1.807) is 29.7 Å². The molecule has 1 aliphatic carbocycles. The van der Waals surface area contributed by atoms with E-state index >= 15 is 0 Å². The number of carbonyl (C=O) groups is 1. The Balaban J connectivity index is 0.00000289. The normalized spacial score (nSPS) is 14.8. The first-order valence-electron chi connectivity index (χ1n) is 10.4. The van der Waals surface area contributed by atoms with Crippen LogP contribution in [-0.2, 0) is 11.8 Å². The summed E-state index contributed by atoms with van der Waals surface area (Å²) in [5.41, 5.74) is 7.32. The van der Waals surface area contributed by atoms with Gasteiger partial charge in [-0.1, -0.05) is 24.5 Å². The summed E-state index contributed by atoms with van der Waals surface area (Å²) >= 11 is 0. The lowest BCUT2D eigenvalue weighted by atomic mass is 9.85. The van der Waals surface area contributed by atoms with Gasteiger partial charge in [0.1, 0.15) is 11.4 Å². The molecule has 1 fully saturated rings. The number of hydrogen-bond donors (Lipinski definition) is 2. The van der Waals surface area contributed by atoms with Gasteiger partial charge in [0.05, 0.1) is 12.2 Å². The lowest BCUT2D eigenvalue weighted by molar-refractivity contribution is 0.0526. The van der Waals surface area contributed by atoms with Crippen molar-refractivity contribution in [3.05, 3.63) is 35.7 Å². The Bertz CT molecular complexity index is 1210. The number of hydrogen-bond acceptors (Lipinski definition) is 7. The number of aromatic nitrogens is 4. The minimum absolute atomic E-state index is 0.